The molecule has 3 rings (SSSR count). The van der Waals surface area contributed by atoms with E-state index in [-0.39, 0.29) is 18.9 Å². The van der Waals surface area contributed by atoms with Gasteiger partial charge in [0.05, 0.1) is 23.9 Å². The monoisotopic (exact) mass is 453 g/mol. The number of hydrogen-bond donors (Lipinski definition) is 1. The second kappa shape index (κ2) is 13.0. The van der Waals surface area contributed by atoms with Crippen LogP contribution in [0.5, 0.6) is 0 Å². The van der Waals surface area contributed by atoms with Crippen LogP contribution in [0.3, 0.4) is 0 Å². The first kappa shape index (κ1) is 26.4. The van der Waals surface area contributed by atoms with Crippen molar-refractivity contribution in [2.75, 3.05) is 12.0 Å². The van der Waals surface area contributed by atoms with Crippen LogP contribution in [0.1, 0.15) is 33.6 Å². The number of carbonyl (C=O) groups is 2. The molecule has 6 nitrogen and oxygen atoms in total. The van der Waals surface area contributed by atoms with E-state index in [4.69, 9.17) is 0 Å². The average molecular weight is 453 g/mol. The third kappa shape index (κ3) is 7.33. The van der Waals surface area contributed by atoms with Gasteiger partial charge in [0.15, 0.2) is 0 Å². The predicted molar refractivity (Wildman–Crippen MR) is 127 cm³/mol. The van der Waals surface area contributed by atoms with Crippen LogP contribution in [0.2, 0.25) is 0 Å². The molecule has 164 valence electrons. The maximum absolute atomic E-state index is 13.1. The van der Waals surface area contributed by atoms with Gasteiger partial charge >= 0.3 is 18.9 Å². The number of benzene rings is 2. The molecular formula is C25H24LiN3O3S. The molecule has 3 aromatic rings. The first-order chi connectivity index (χ1) is 15.5. The maximum atomic E-state index is 13.1. The van der Waals surface area contributed by atoms with Crippen molar-refractivity contribution in [3.8, 4) is 11.1 Å². The number of aromatic nitrogens is 2. The Hall–Kier alpha value is -2.85. The number of amides is 1. The molecular weight excluding hydrogens is 429 g/mol. The predicted octanol–water partition coefficient (Wildman–Crippen LogP) is 0.228. The van der Waals surface area contributed by atoms with Crippen LogP contribution in [0.4, 0.5) is 0 Å². The van der Waals surface area contributed by atoms with Crippen molar-refractivity contribution in [1.82, 2.24) is 15.3 Å². The number of aryl methyl sites for hydroxylation is 1. The Balaban J connectivity index is 0.00000385. The van der Waals surface area contributed by atoms with Gasteiger partial charge in [-0.2, -0.15) is 11.8 Å². The zero-order chi connectivity index (χ0) is 22.9. The van der Waals surface area contributed by atoms with Crippen molar-refractivity contribution in [2.45, 2.75) is 19.4 Å². The fourth-order valence-corrected chi connectivity index (χ4v) is 3.73. The molecule has 0 aliphatic carbocycles. The number of nitrogens with one attached hydrogen (secondary N) is 1. The number of rotatable bonds is 9. The minimum atomic E-state index is -1.28. The Morgan fingerprint density at radius 1 is 1.12 bits per heavy atom. The number of nitrogens with zero attached hydrogens (tertiary/aromatic N) is 2. The van der Waals surface area contributed by atoms with Crippen LogP contribution >= 0.6 is 11.8 Å². The van der Waals surface area contributed by atoms with E-state index in [1.165, 1.54) is 11.8 Å². The van der Waals surface area contributed by atoms with Crippen molar-refractivity contribution in [2.24, 2.45) is 0 Å². The molecule has 33 heavy (non-hydrogen) atoms. The zero-order valence-electron chi connectivity index (χ0n) is 18.9. The van der Waals surface area contributed by atoms with Gasteiger partial charge in [-0.1, -0.05) is 36.4 Å². The number of carboxylic acids is 1. The van der Waals surface area contributed by atoms with E-state index < -0.39 is 17.9 Å². The maximum Gasteiger partial charge on any atom is 1.00 e. The number of hydrogen-bond acceptors (Lipinski definition) is 6. The molecule has 0 saturated heterocycles. The van der Waals surface area contributed by atoms with Gasteiger partial charge < -0.3 is 15.2 Å². The molecule has 0 fully saturated rings. The standard InChI is InChI=1S/C25H25N3O3S.Li/c1-17-5-3-4-6-20(17)22-15-18(7-9-19-16-26-12-13-27-19)8-10-21(22)24(29)28-23(25(30)31)11-14-32-2;/h3-10,12-13,15-16,23H,11,14H2,1-2H3,(H,28,29)(H,30,31);/q;+1/p-1/t23-;/m0./s1. The Kier molecular flexibility index (Phi) is 10.4. The van der Waals surface area contributed by atoms with Crippen molar-refractivity contribution in [3.63, 3.8) is 0 Å². The molecule has 0 spiro atoms. The third-order valence-corrected chi connectivity index (χ3v) is 5.60. The van der Waals surface area contributed by atoms with Gasteiger partial charge in [-0.15, -0.1) is 0 Å². The van der Waals surface area contributed by atoms with E-state index in [9.17, 15) is 14.7 Å². The van der Waals surface area contributed by atoms with Gasteiger partial charge in [0.25, 0.3) is 5.91 Å². The summed E-state index contributed by atoms with van der Waals surface area (Å²) in [5.41, 5.74) is 4.65. The summed E-state index contributed by atoms with van der Waals surface area (Å²) in [6.45, 7) is 1.97. The quantitative estimate of drug-likeness (QED) is 0.466. The van der Waals surface area contributed by atoms with Gasteiger partial charge in [0, 0.05) is 18.0 Å². The smallest absolute Gasteiger partial charge is 0.548 e. The molecule has 0 bridgehead atoms. The summed E-state index contributed by atoms with van der Waals surface area (Å²) in [7, 11) is 0. The van der Waals surface area contributed by atoms with Gasteiger partial charge in [0.2, 0.25) is 0 Å². The first-order valence-electron chi connectivity index (χ1n) is 10.1. The molecule has 1 N–H and O–H groups in total. The van der Waals surface area contributed by atoms with Gasteiger partial charge in [-0.25, -0.2) is 0 Å². The number of carboxylic acid groups (broad SMARTS) is 1. The van der Waals surface area contributed by atoms with Crippen LogP contribution in [-0.4, -0.2) is 39.9 Å². The molecule has 1 heterocycles. The Labute approximate surface area is 210 Å². The summed E-state index contributed by atoms with van der Waals surface area (Å²) in [6.07, 6.45) is 10.8. The number of carbonyl (C=O) groups excluding carboxylic acids is 2. The topological polar surface area (TPSA) is 95.0 Å². The van der Waals surface area contributed by atoms with E-state index in [0.29, 0.717) is 17.7 Å². The minimum absolute atomic E-state index is 0. The van der Waals surface area contributed by atoms with E-state index in [2.05, 4.69) is 15.3 Å². The summed E-state index contributed by atoms with van der Waals surface area (Å²) in [4.78, 5) is 32.9. The molecule has 0 saturated carbocycles. The van der Waals surface area contributed by atoms with Crippen LogP contribution in [0.25, 0.3) is 23.3 Å². The van der Waals surface area contributed by atoms with Crippen LogP contribution in [0, 0.1) is 6.92 Å². The summed E-state index contributed by atoms with van der Waals surface area (Å²) in [6, 6.07) is 12.2. The fourth-order valence-electron chi connectivity index (χ4n) is 3.26. The molecule has 1 aromatic heterocycles. The second-order valence-corrected chi connectivity index (χ2v) is 8.20. The molecule has 0 aliphatic heterocycles. The van der Waals surface area contributed by atoms with Crippen molar-refractivity contribution in [1.29, 1.82) is 0 Å². The Morgan fingerprint density at radius 3 is 2.58 bits per heavy atom. The molecule has 2 aromatic carbocycles. The van der Waals surface area contributed by atoms with Crippen molar-refractivity contribution in [3.05, 3.63) is 83.4 Å². The van der Waals surface area contributed by atoms with Crippen LogP contribution < -0.4 is 29.3 Å². The van der Waals surface area contributed by atoms with E-state index >= 15 is 0 Å². The van der Waals surface area contributed by atoms with Gasteiger partial charge in [0.1, 0.15) is 0 Å². The fraction of sp³-hybridized carbons (Fsp3) is 0.200. The van der Waals surface area contributed by atoms with E-state index in [1.807, 2.05) is 61.7 Å². The molecule has 8 heteroatoms. The summed E-state index contributed by atoms with van der Waals surface area (Å²) in [5.74, 6) is -1.12. The van der Waals surface area contributed by atoms with E-state index in [0.717, 1.165) is 27.9 Å². The second-order valence-electron chi connectivity index (χ2n) is 7.21. The first-order valence-corrected chi connectivity index (χ1v) is 11.5. The normalized spacial score (nSPS) is 11.6. The molecule has 0 radical (unpaired) electrons. The van der Waals surface area contributed by atoms with Crippen molar-refractivity contribution < 1.29 is 33.6 Å². The average Bonchev–Trinajstić information content (AvgIpc) is 2.81. The minimum Gasteiger partial charge on any atom is -0.548 e. The van der Waals surface area contributed by atoms with E-state index in [1.54, 1.807) is 24.7 Å². The van der Waals surface area contributed by atoms with Crippen LogP contribution in [-0.2, 0) is 4.79 Å². The Bertz CT molecular complexity index is 1120. The van der Waals surface area contributed by atoms with Crippen LogP contribution in [0.15, 0.2) is 61.1 Å². The van der Waals surface area contributed by atoms with Gasteiger partial charge in [-0.05, 0) is 65.8 Å². The van der Waals surface area contributed by atoms with Crippen molar-refractivity contribution >= 4 is 35.8 Å². The molecule has 0 unspecified atom stereocenters. The SMILES string of the molecule is CSCC[C@H](NC(=O)c1ccc(C=Cc2cnccn2)cc1-c1ccccc1C)C(=O)[O-].[Li+]. The number of thioether (sulfide) groups is 1. The molecule has 0 aliphatic rings. The third-order valence-electron chi connectivity index (χ3n) is 4.95. The zero-order valence-corrected chi connectivity index (χ0v) is 19.8. The summed E-state index contributed by atoms with van der Waals surface area (Å²) >= 11 is 1.52. The van der Waals surface area contributed by atoms with Gasteiger partial charge in [-0.3, -0.25) is 14.8 Å². The Morgan fingerprint density at radius 2 is 1.91 bits per heavy atom. The summed E-state index contributed by atoms with van der Waals surface area (Å²) < 4.78 is 0. The number of aliphatic carboxylic acids is 1. The largest absolute Gasteiger partial charge is 1.00 e. The summed E-state index contributed by atoms with van der Waals surface area (Å²) in [5, 5.41) is 14.1. The molecule has 1 amide bonds. The molecule has 1 atom stereocenters.